The van der Waals surface area contributed by atoms with Crippen molar-refractivity contribution in [2.24, 2.45) is 0 Å². The lowest BCUT2D eigenvalue weighted by Gasteiger charge is -2.09. The molecule has 0 amide bonds. The maximum atomic E-state index is 12.9. The first-order valence-electron chi connectivity index (χ1n) is 7.52. The minimum Gasteiger partial charge on any atom is -0.365 e. The minimum absolute atomic E-state index is 0.133. The SMILES string of the molecule is Fc1ccc(CNc2cnnc(Nc3ccc(C(F)(F)F)cc3)n2)cc1. The van der Waals surface area contributed by atoms with Crippen LogP contribution in [-0.2, 0) is 12.7 Å². The summed E-state index contributed by atoms with van der Waals surface area (Å²) < 4.78 is 50.6. The number of hydrogen-bond donors (Lipinski definition) is 2. The number of anilines is 3. The van der Waals surface area contributed by atoms with Crippen molar-refractivity contribution in [1.29, 1.82) is 0 Å². The maximum absolute atomic E-state index is 12.9. The lowest BCUT2D eigenvalue weighted by atomic mass is 10.2. The molecular formula is C17H13F4N5. The van der Waals surface area contributed by atoms with Crippen LogP contribution in [0.3, 0.4) is 0 Å². The monoisotopic (exact) mass is 363 g/mol. The van der Waals surface area contributed by atoms with Crippen LogP contribution in [0.4, 0.5) is 35.0 Å². The fourth-order valence-corrected chi connectivity index (χ4v) is 2.11. The van der Waals surface area contributed by atoms with Crippen molar-refractivity contribution in [3.63, 3.8) is 0 Å². The van der Waals surface area contributed by atoms with E-state index in [2.05, 4.69) is 25.8 Å². The molecule has 5 nitrogen and oxygen atoms in total. The van der Waals surface area contributed by atoms with E-state index >= 15 is 0 Å². The molecule has 3 rings (SSSR count). The number of nitrogens with one attached hydrogen (secondary N) is 2. The van der Waals surface area contributed by atoms with Crippen molar-refractivity contribution >= 4 is 17.5 Å². The van der Waals surface area contributed by atoms with Gasteiger partial charge in [-0.2, -0.15) is 23.3 Å². The van der Waals surface area contributed by atoms with Crippen LogP contribution in [0.1, 0.15) is 11.1 Å². The van der Waals surface area contributed by atoms with Crippen molar-refractivity contribution in [3.8, 4) is 0 Å². The molecule has 9 heteroatoms. The Hall–Kier alpha value is -3.23. The summed E-state index contributed by atoms with van der Waals surface area (Å²) in [6, 6.07) is 10.5. The van der Waals surface area contributed by atoms with E-state index in [0.717, 1.165) is 17.7 Å². The van der Waals surface area contributed by atoms with Crippen molar-refractivity contribution in [1.82, 2.24) is 15.2 Å². The number of nitrogens with zero attached hydrogens (tertiary/aromatic N) is 3. The zero-order valence-electron chi connectivity index (χ0n) is 13.3. The summed E-state index contributed by atoms with van der Waals surface area (Å²) in [6.07, 6.45) is -2.98. The van der Waals surface area contributed by atoms with Crippen LogP contribution >= 0.6 is 0 Å². The molecule has 3 aromatic rings. The Labute approximate surface area is 146 Å². The van der Waals surface area contributed by atoms with Crippen molar-refractivity contribution in [2.45, 2.75) is 12.7 Å². The van der Waals surface area contributed by atoms with Crippen LogP contribution in [0.5, 0.6) is 0 Å². The summed E-state index contributed by atoms with van der Waals surface area (Å²) in [5.74, 6) is 0.230. The van der Waals surface area contributed by atoms with E-state index < -0.39 is 11.7 Å². The first kappa shape index (κ1) is 17.6. The number of benzene rings is 2. The molecule has 2 N–H and O–H groups in total. The summed E-state index contributed by atoms with van der Waals surface area (Å²) in [4.78, 5) is 4.18. The Balaban J connectivity index is 1.64. The van der Waals surface area contributed by atoms with Gasteiger partial charge < -0.3 is 10.6 Å². The first-order chi connectivity index (χ1) is 12.4. The van der Waals surface area contributed by atoms with Crippen molar-refractivity contribution in [2.75, 3.05) is 10.6 Å². The van der Waals surface area contributed by atoms with Gasteiger partial charge in [-0.25, -0.2) is 4.39 Å². The molecule has 0 fully saturated rings. The van der Waals surface area contributed by atoms with E-state index in [0.29, 0.717) is 18.1 Å². The van der Waals surface area contributed by atoms with Crippen LogP contribution in [0, 0.1) is 5.82 Å². The highest BCUT2D eigenvalue weighted by Gasteiger charge is 2.29. The Kier molecular flexibility index (Phi) is 4.97. The van der Waals surface area contributed by atoms with Crippen LogP contribution < -0.4 is 10.6 Å². The molecule has 0 aliphatic heterocycles. The van der Waals surface area contributed by atoms with Gasteiger partial charge in [0.1, 0.15) is 5.82 Å². The van der Waals surface area contributed by atoms with Crippen LogP contribution in [-0.4, -0.2) is 15.2 Å². The second-order valence-electron chi connectivity index (χ2n) is 5.35. The number of alkyl halides is 3. The van der Waals surface area contributed by atoms with Gasteiger partial charge in [-0.3, -0.25) is 0 Å². The lowest BCUT2D eigenvalue weighted by molar-refractivity contribution is -0.137. The number of hydrogen-bond acceptors (Lipinski definition) is 5. The van der Waals surface area contributed by atoms with E-state index in [-0.39, 0.29) is 11.8 Å². The summed E-state index contributed by atoms with van der Waals surface area (Å²) >= 11 is 0. The molecule has 0 saturated heterocycles. The molecule has 134 valence electrons. The van der Waals surface area contributed by atoms with Gasteiger partial charge in [-0.05, 0) is 42.0 Å². The van der Waals surface area contributed by atoms with E-state index in [9.17, 15) is 17.6 Å². The predicted molar refractivity (Wildman–Crippen MR) is 88.3 cm³/mol. The average molecular weight is 363 g/mol. The van der Waals surface area contributed by atoms with Crippen LogP contribution in [0.15, 0.2) is 54.7 Å². The predicted octanol–water partition coefficient (Wildman–Crippen LogP) is 4.39. The van der Waals surface area contributed by atoms with Crippen LogP contribution in [0.25, 0.3) is 0 Å². The van der Waals surface area contributed by atoms with Gasteiger partial charge in [0, 0.05) is 12.2 Å². The van der Waals surface area contributed by atoms with E-state index in [4.69, 9.17) is 0 Å². The quantitative estimate of drug-likeness (QED) is 0.659. The van der Waals surface area contributed by atoms with Gasteiger partial charge >= 0.3 is 6.18 Å². The summed E-state index contributed by atoms with van der Waals surface area (Å²) in [6.45, 7) is 0.401. The van der Waals surface area contributed by atoms with Gasteiger partial charge in [0.15, 0.2) is 5.82 Å². The molecule has 0 spiro atoms. The van der Waals surface area contributed by atoms with E-state index in [1.807, 2.05) is 0 Å². The Morgan fingerprint density at radius 1 is 0.923 bits per heavy atom. The highest BCUT2D eigenvalue weighted by atomic mass is 19.4. The molecule has 26 heavy (non-hydrogen) atoms. The fraction of sp³-hybridized carbons (Fsp3) is 0.118. The third kappa shape index (κ3) is 4.65. The van der Waals surface area contributed by atoms with E-state index in [1.54, 1.807) is 12.1 Å². The molecule has 0 unspecified atom stereocenters. The molecule has 0 atom stereocenters. The second kappa shape index (κ2) is 7.34. The second-order valence-corrected chi connectivity index (χ2v) is 5.35. The third-order valence-electron chi connectivity index (χ3n) is 3.41. The third-order valence-corrected chi connectivity index (χ3v) is 3.41. The first-order valence-corrected chi connectivity index (χ1v) is 7.52. The number of aromatic nitrogens is 3. The molecule has 2 aromatic carbocycles. The van der Waals surface area contributed by atoms with Gasteiger partial charge in [-0.15, -0.1) is 5.10 Å². The Morgan fingerprint density at radius 3 is 2.27 bits per heavy atom. The smallest absolute Gasteiger partial charge is 0.365 e. The number of rotatable bonds is 5. The number of halogens is 4. The molecule has 1 aromatic heterocycles. The molecule has 0 bridgehead atoms. The summed E-state index contributed by atoms with van der Waals surface area (Å²) in [5, 5.41) is 13.4. The minimum atomic E-state index is -4.39. The molecule has 0 aliphatic carbocycles. The summed E-state index contributed by atoms with van der Waals surface area (Å²) in [5.41, 5.74) is 0.509. The highest BCUT2D eigenvalue weighted by molar-refractivity contribution is 5.54. The molecule has 1 heterocycles. The van der Waals surface area contributed by atoms with Crippen LogP contribution in [0.2, 0.25) is 0 Å². The normalized spacial score (nSPS) is 11.2. The van der Waals surface area contributed by atoms with Crippen molar-refractivity contribution in [3.05, 3.63) is 71.7 Å². The van der Waals surface area contributed by atoms with E-state index in [1.165, 1.54) is 30.5 Å². The molecule has 0 saturated carbocycles. The standard InChI is InChI=1S/C17H13F4N5/c18-13-5-1-11(2-6-13)9-22-15-10-23-26-16(25-15)24-14-7-3-12(4-8-14)17(19,20)21/h1-8,10H,9H2,(H2,22,24,25,26). The van der Waals surface area contributed by atoms with Gasteiger partial charge in [-0.1, -0.05) is 12.1 Å². The fourth-order valence-electron chi connectivity index (χ4n) is 2.11. The molecular weight excluding hydrogens is 350 g/mol. The average Bonchev–Trinajstić information content (AvgIpc) is 2.61. The van der Waals surface area contributed by atoms with Gasteiger partial charge in [0.2, 0.25) is 5.95 Å². The zero-order valence-corrected chi connectivity index (χ0v) is 13.3. The maximum Gasteiger partial charge on any atom is 0.416 e. The molecule has 0 radical (unpaired) electrons. The van der Waals surface area contributed by atoms with Gasteiger partial charge in [0.25, 0.3) is 0 Å². The Morgan fingerprint density at radius 2 is 1.62 bits per heavy atom. The van der Waals surface area contributed by atoms with Crippen molar-refractivity contribution < 1.29 is 17.6 Å². The lowest BCUT2D eigenvalue weighted by Crippen LogP contribution is -2.06. The highest BCUT2D eigenvalue weighted by Crippen LogP contribution is 2.30. The Bertz CT molecular complexity index is 864. The van der Waals surface area contributed by atoms with Gasteiger partial charge in [0.05, 0.1) is 11.8 Å². The largest absolute Gasteiger partial charge is 0.416 e. The molecule has 0 aliphatic rings. The topological polar surface area (TPSA) is 62.7 Å². The zero-order chi connectivity index (χ0) is 18.6. The summed E-state index contributed by atoms with van der Waals surface area (Å²) in [7, 11) is 0.